The maximum Gasteiger partial charge on any atom is 0.270 e. The zero-order valence-electron chi connectivity index (χ0n) is 14.4. The summed E-state index contributed by atoms with van der Waals surface area (Å²) in [5.74, 6) is -0.0425. The maximum atomic E-state index is 12.8. The van der Waals surface area contributed by atoms with Crippen LogP contribution in [0.5, 0.6) is 0 Å². The third-order valence-electron chi connectivity index (χ3n) is 4.77. The second kappa shape index (κ2) is 5.52. The number of hydrogen-bond donors (Lipinski definition) is 1. The molecule has 4 heteroatoms. The quantitative estimate of drug-likeness (QED) is 0.942. The summed E-state index contributed by atoms with van der Waals surface area (Å²) in [6.45, 7) is 6.32. The number of carbonyl (C=O) groups excluding carboxylic acids is 1. The highest BCUT2D eigenvalue weighted by molar-refractivity contribution is 5.93. The van der Waals surface area contributed by atoms with Crippen LogP contribution >= 0.6 is 0 Å². The van der Waals surface area contributed by atoms with E-state index in [4.69, 9.17) is 0 Å². The smallest absolute Gasteiger partial charge is 0.270 e. The molecule has 1 N–H and O–H groups in total. The third kappa shape index (κ3) is 2.90. The van der Waals surface area contributed by atoms with Gasteiger partial charge in [-0.1, -0.05) is 51.1 Å². The maximum absolute atomic E-state index is 12.8. The van der Waals surface area contributed by atoms with E-state index in [0.29, 0.717) is 5.69 Å². The van der Waals surface area contributed by atoms with E-state index < -0.39 is 0 Å². The highest BCUT2D eigenvalue weighted by Crippen LogP contribution is 2.41. The molecule has 23 heavy (non-hydrogen) atoms. The fraction of sp³-hybridized carbons (Fsp3) is 0.474. The average molecular weight is 311 g/mol. The molecular weight excluding hydrogens is 286 g/mol. The van der Waals surface area contributed by atoms with Crippen LogP contribution in [0.1, 0.15) is 61.8 Å². The number of hydrogen-bond acceptors (Lipinski definition) is 2. The van der Waals surface area contributed by atoms with Crippen LogP contribution in [0, 0.1) is 0 Å². The van der Waals surface area contributed by atoms with Gasteiger partial charge in [-0.25, -0.2) is 0 Å². The van der Waals surface area contributed by atoms with Crippen LogP contribution in [0.4, 0.5) is 0 Å². The van der Waals surface area contributed by atoms with E-state index in [0.717, 1.165) is 25.0 Å². The van der Waals surface area contributed by atoms with Crippen molar-refractivity contribution in [1.29, 1.82) is 0 Å². The van der Waals surface area contributed by atoms with Crippen LogP contribution < -0.4 is 5.32 Å². The molecule has 122 valence electrons. The first kappa shape index (κ1) is 15.8. The third-order valence-corrected chi connectivity index (χ3v) is 4.77. The topological polar surface area (TPSA) is 46.9 Å². The van der Waals surface area contributed by atoms with Crippen molar-refractivity contribution in [2.75, 3.05) is 0 Å². The fourth-order valence-electron chi connectivity index (χ4n) is 3.10. The lowest BCUT2D eigenvalue weighted by molar-refractivity contribution is 0.0813. The highest BCUT2D eigenvalue weighted by atomic mass is 16.2. The van der Waals surface area contributed by atoms with Crippen molar-refractivity contribution in [3.8, 4) is 0 Å². The minimum Gasteiger partial charge on any atom is -0.341 e. The zero-order chi connectivity index (χ0) is 16.7. The summed E-state index contributed by atoms with van der Waals surface area (Å²) in [5.41, 5.74) is 2.47. The SMILES string of the molecule is Cn1nc(C(C)(C)C)cc1C(=O)NC1(c2ccccc2)CCC1. The second-order valence-corrected chi connectivity index (χ2v) is 7.54. The van der Waals surface area contributed by atoms with Crippen molar-refractivity contribution >= 4 is 5.91 Å². The van der Waals surface area contributed by atoms with Gasteiger partial charge in [0, 0.05) is 12.5 Å². The zero-order valence-corrected chi connectivity index (χ0v) is 14.4. The predicted molar refractivity (Wildman–Crippen MR) is 91.3 cm³/mol. The van der Waals surface area contributed by atoms with E-state index in [1.165, 1.54) is 5.56 Å². The van der Waals surface area contributed by atoms with Crippen LogP contribution in [0.2, 0.25) is 0 Å². The van der Waals surface area contributed by atoms with Crippen molar-refractivity contribution in [3.63, 3.8) is 0 Å². The Labute approximate surface area is 137 Å². The van der Waals surface area contributed by atoms with Crippen molar-refractivity contribution in [1.82, 2.24) is 15.1 Å². The first-order chi connectivity index (χ1) is 10.8. The van der Waals surface area contributed by atoms with Gasteiger partial charge in [0.25, 0.3) is 5.91 Å². The van der Waals surface area contributed by atoms with Crippen LogP contribution in [-0.4, -0.2) is 15.7 Å². The van der Waals surface area contributed by atoms with Gasteiger partial charge in [0.1, 0.15) is 5.69 Å². The lowest BCUT2D eigenvalue weighted by Gasteiger charge is -2.43. The second-order valence-electron chi connectivity index (χ2n) is 7.54. The van der Waals surface area contributed by atoms with E-state index >= 15 is 0 Å². The molecule has 0 bridgehead atoms. The molecule has 1 aromatic heterocycles. The Hall–Kier alpha value is -2.10. The standard InChI is InChI=1S/C19H25N3O/c1-18(2,3)16-13-15(22(4)21-16)17(23)20-19(11-8-12-19)14-9-6-5-7-10-14/h5-7,9-10,13H,8,11-12H2,1-4H3,(H,20,23). The summed E-state index contributed by atoms with van der Waals surface area (Å²) in [7, 11) is 1.83. The number of nitrogens with one attached hydrogen (secondary N) is 1. The Kier molecular flexibility index (Phi) is 3.78. The molecule has 1 fully saturated rings. The van der Waals surface area contributed by atoms with Crippen molar-refractivity contribution in [3.05, 3.63) is 53.3 Å². The van der Waals surface area contributed by atoms with E-state index in [2.05, 4.69) is 43.3 Å². The van der Waals surface area contributed by atoms with Crippen LogP contribution in [0.25, 0.3) is 0 Å². The molecule has 3 rings (SSSR count). The number of nitrogens with zero attached hydrogens (tertiary/aromatic N) is 2. The number of benzene rings is 1. The van der Waals surface area contributed by atoms with Gasteiger partial charge in [0.15, 0.2) is 0 Å². The summed E-state index contributed by atoms with van der Waals surface area (Å²) in [6, 6.07) is 12.2. The van der Waals surface area contributed by atoms with Gasteiger partial charge in [-0.15, -0.1) is 0 Å². The van der Waals surface area contributed by atoms with Crippen LogP contribution in [-0.2, 0) is 18.0 Å². The van der Waals surface area contributed by atoms with Gasteiger partial charge in [-0.2, -0.15) is 5.10 Å². The number of amides is 1. The molecule has 0 saturated heterocycles. The Balaban J connectivity index is 1.86. The van der Waals surface area contributed by atoms with Gasteiger partial charge < -0.3 is 5.32 Å². The molecule has 1 heterocycles. The number of aryl methyl sites for hydroxylation is 1. The van der Waals surface area contributed by atoms with Crippen molar-refractivity contribution in [2.45, 2.75) is 51.0 Å². The number of aromatic nitrogens is 2. The molecule has 0 unspecified atom stereocenters. The lowest BCUT2D eigenvalue weighted by Crippen LogP contribution is -2.51. The molecule has 1 amide bonds. The van der Waals surface area contributed by atoms with Gasteiger partial charge in [0.05, 0.1) is 11.2 Å². The molecule has 1 aromatic carbocycles. The average Bonchev–Trinajstić information content (AvgIpc) is 2.86. The molecule has 2 aromatic rings. The molecule has 0 spiro atoms. The van der Waals surface area contributed by atoms with Gasteiger partial charge in [0.2, 0.25) is 0 Å². The largest absolute Gasteiger partial charge is 0.341 e. The molecule has 0 aliphatic heterocycles. The normalized spacial score (nSPS) is 16.7. The molecule has 1 aliphatic rings. The minimum absolute atomic E-state index is 0.0425. The Bertz CT molecular complexity index is 706. The summed E-state index contributed by atoms with van der Waals surface area (Å²) < 4.78 is 1.69. The fourth-order valence-corrected chi connectivity index (χ4v) is 3.10. The summed E-state index contributed by atoms with van der Waals surface area (Å²) in [6.07, 6.45) is 3.13. The predicted octanol–water partition coefficient (Wildman–Crippen LogP) is 3.53. The van der Waals surface area contributed by atoms with E-state index in [9.17, 15) is 4.79 Å². The first-order valence-corrected chi connectivity index (χ1v) is 8.24. The minimum atomic E-state index is -0.218. The molecular formula is C19H25N3O. The monoisotopic (exact) mass is 311 g/mol. The van der Waals surface area contributed by atoms with E-state index in [1.807, 2.05) is 31.3 Å². The van der Waals surface area contributed by atoms with Gasteiger partial charge >= 0.3 is 0 Å². The molecule has 1 aliphatic carbocycles. The Morgan fingerprint density at radius 3 is 2.35 bits per heavy atom. The molecule has 4 nitrogen and oxygen atoms in total. The van der Waals surface area contributed by atoms with Crippen LogP contribution in [0.3, 0.4) is 0 Å². The van der Waals surface area contributed by atoms with E-state index in [1.54, 1.807) is 4.68 Å². The lowest BCUT2D eigenvalue weighted by atomic mass is 9.71. The molecule has 1 saturated carbocycles. The first-order valence-electron chi connectivity index (χ1n) is 8.24. The van der Waals surface area contributed by atoms with E-state index in [-0.39, 0.29) is 16.9 Å². The van der Waals surface area contributed by atoms with Gasteiger partial charge in [-0.3, -0.25) is 9.48 Å². The summed E-state index contributed by atoms with van der Waals surface area (Å²) in [5, 5.41) is 7.77. The Morgan fingerprint density at radius 2 is 1.87 bits per heavy atom. The molecule has 0 atom stereocenters. The highest BCUT2D eigenvalue weighted by Gasteiger charge is 2.40. The van der Waals surface area contributed by atoms with Crippen LogP contribution in [0.15, 0.2) is 36.4 Å². The number of carbonyl (C=O) groups is 1. The van der Waals surface area contributed by atoms with Crippen molar-refractivity contribution < 1.29 is 4.79 Å². The molecule has 0 radical (unpaired) electrons. The van der Waals surface area contributed by atoms with Gasteiger partial charge in [-0.05, 0) is 30.9 Å². The Morgan fingerprint density at radius 1 is 1.22 bits per heavy atom. The van der Waals surface area contributed by atoms with Crippen molar-refractivity contribution in [2.24, 2.45) is 7.05 Å². The summed E-state index contributed by atoms with van der Waals surface area (Å²) in [4.78, 5) is 12.8. The summed E-state index contributed by atoms with van der Waals surface area (Å²) >= 11 is 0. The number of rotatable bonds is 3.